The number of fused-ring (bicyclic) bond motifs is 1. The van der Waals surface area contributed by atoms with Gasteiger partial charge in [0.05, 0.1) is 18.6 Å². The summed E-state index contributed by atoms with van der Waals surface area (Å²) >= 11 is 0. The summed E-state index contributed by atoms with van der Waals surface area (Å²) in [5.41, 5.74) is 2.86. The van der Waals surface area contributed by atoms with Crippen LogP contribution in [0.3, 0.4) is 0 Å². The first kappa shape index (κ1) is 22.3. The van der Waals surface area contributed by atoms with Gasteiger partial charge in [-0.25, -0.2) is 4.39 Å². The van der Waals surface area contributed by atoms with E-state index < -0.39 is 11.4 Å². The molecule has 0 aromatic heterocycles. The van der Waals surface area contributed by atoms with Crippen molar-refractivity contribution in [2.75, 3.05) is 46.1 Å². The molecule has 32 heavy (non-hydrogen) atoms. The van der Waals surface area contributed by atoms with Gasteiger partial charge >= 0.3 is 5.97 Å². The van der Waals surface area contributed by atoms with Crippen LogP contribution in [0.25, 0.3) is 5.57 Å². The molecular weight excluding hydrogens is 413 g/mol. The highest BCUT2D eigenvalue weighted by molar-refractivity contribution is 5.87. The molecule has 1 saturated heterocycles. The van der Waals surface area contributed by atoms with Gasteiger partial charge in [-0.1, -0.05) is 12.1 Å². The predicted molar refractivity (Wildman–Crippen MR) is 119 cm³/mol. The molecule has 2 aromatic rings. The van der Waals surface area contributed by atoms with E-state index in [0.29, 0.717) is 25.6 Å². The van der Waals surface area contributed by atoms with Crippen molar-refractivity contribution in [2.45, 2.75) is 13.8 Å². The van der Waals surface area contributed by atoms with E-state index in [-0.39, 0.29) is 12.4 Å². The van der Waals surface area contributed by atoms with Crippen LogP contribution in [0.2, 0.25) is 0 Å². The summed E-state index contributed by atoms with van der Waals surface area (Å²) in [7, 11) is 0. The number of aliphatic carboxylic acids is 1. The van der Waals surface area contributed by atoms with Crippen LogP contribution in [0.5, 0.6) is 11.5 Å². The van der Waals surface area contributed by atoms with Crippen LogP contribution >= 0.6 is 0 Å². The van der Waals surface area contributed by atoms with Crippen molar-refractivity contribution in [2.24, 2.45) is 5.41 Å². The van der Waals surface area contributed by atoms with E-state index in [1.165, 1.54) is 12.1 Å². The molecule has 6 nitrogen and oxygen atoms in total. The second kappa shape index (κ2) is 9.30. The zero-order valence-electron chi connectivity index (χ0n) is 18.4. The Morgan fingerprint density at radius 3 is 2.56 bits per heavy atom. The first-order valence-corrected chi connectivity index (χ1v) is 10.7. The first-order valence-electron chi connectivity index (χ1n) is 10.7. The molecule has 0 unspecified atom stereocenters. The summed E-state index contributed by atoms with van der Waals surface area (Å²) in [6.07, 6.45) is 0. The Morgan fingerprint density at radius 1 is 1.16 bits per heavy atom. The van der Waals surface area contributed by atoms with Gasteiger partial charge in [0.1, 0.15) is 30.5 Å². The summed E-state index contributed by atoms with van der Waals surface area (Å²) in [5, 5.41) is 9.36. The van der Waals surface area contributed by atoms with Gasteiger partial charge in [-0.05, 0) is 60.9 Å². The Kier molecular flexibility index (Phi) is 6.48. The zero-order chi connectivity index (χ0) is 22.7. The number of carboxylic acids is 1. The third-order valence-corrected chi connectivity index (χ3v) is 5.81. The van der Waals surface area contributed by atoms with Crippen molar-refractivity contribution < 1.29 is 28.5 Å². The molecule has 0 radical (unpaired) electrons. The standard InChI is InChI=1S/C25H28FNO5/c1-25(2,24(28)29)16-32-20-7-8-22-21(13-20)23(17-3-5-19(26)6-4-17)18(15-31-22)14-27-9-11-30-12-10-27/h3-8,13H,9-12,14-16H2,1-2H3,(H,28,29). The van der Waals surface area contributed by atoms with E-state index in [1.54, 1.807) is 32.0 Å². The van der Waals surface area contributed by atoms with Gasteiger partial charge in [-0.2, -0.15) is 0 Å². The van der Waals surface area contributed by atoms with E-state index in [4.69, 9.17) is 14.2 Å². The average molecular weight is 441 g/mol. The van der Waals surface area contributed by atoms with E-state index in [1.807, 2.05) is 12.1 Å². The molecule has 7 heteroatoms. The van der Waals surface area contributed by atoms with Crippen LogP contribution in [0, 0.1) is 11.2 Å². The van der Waals surface area contributed by atoms with Crippen molar-refractivity contribution in [1.82, 2.24) is 4.90 Å². The zero-order valence-corrected chi connectivity index (χ0v) is 18.4. The largest absolute Gasteiger partial charge is 0.492 e. The second-order valence-electron chi connectivity index (χ2n) is 8.80. The molecule has 2 aliphatic heterocycles. The van der Waals surface area contributed by atoms with Crippen LogP contribution in [-0.2, 0) is 9.53 Å². The third kappa shape index (κ3) is 4.95. The number of carboxylic acid groups (broad SMARTS) is 1. The molecule has 0 bridgehead atoms. The minimum absolute atomic E-state index is 0.0399. The van der Waals surface area contributed by atoms with Gasteiger partial charge in [0.15, 0.2) is 0 Å². The summed E-state index contributed by atoms with van der Waals surface area (Å²) in [6, 6.07) is 12.0. The number of hydrogen-bond acceptors (Lipinski definition) is 5. The number of nitrogens with zero attached hydrogens (tertiary/aromatic N) is 1. The van der Waals surface area contributed by atoms with Crippen LogP contribution in [0.4, 0.5) is 4.39 Å². The SMILES string of the molecule is CC(C)(COc1ccc2c(c1)C(c1ccc(F)cc1)=C(CN1CCOCC1)CO2)C(=O)O. The van der Waals surface area contributed by atoms with Gasteiger partial charge < -0.3 is 19.3 Å². The topological polar surface area (TPSA) is 68.2 Å². The van der Waals surface area contributed by atoms with Gasteiger partial charge in [0.25, 0.3) is 0 Å². The Morgan fingerprint density at radius 2 is 1.88 bits per heavy atom. The minimum Gasteiger partial charge on any atom is -0.492 e. The number of morpholine rings is 1. The summed E-state index contributed by atoms with van der Waals surface area (Å²) in [6.45, 7) is 7.57. The van der Waals surface area contributed by atoms with Crippen LogP contribution < -0.4 is 9.47 Å². The fourth-order valence-electron chi connectivity index (χ4n) is 3.80. The summed E-state index contributed by atoms with van der Waals surface area (Å²) in [4.78, 5) is 13.7. The van der Waals surface area contributed by atoms with E-state index >= 15 is 0 Å². The summed E-state index contributed by atoms with van der Waals surface area (Å²) in [5.74, 6) is 0.0802. The molecule has 0 saturated carbocycles. The molecule has 0 spiro atoms. The molecule has 1 fully saturated rings. The van der Waals surface area contributed by atoms with Gasteiger partial charge in [0, 0.05) is 25.2 Å². The number of benzene rings is 2. The fraction of sp³-hybridized carbons (Fsp3) is 0.400. The number of rotatable bonds is 7. The van der Waals surface area contributed by atoms with Crippen LogP contribution in [0.1, 0.15) is 25.0 Å². The molecule has 0 amide bonds. The van der Waals surface area contributed by atoms with Gasteiger partial charge in [0.2, 0.25) is 0 Å². The molecular formula is C25H28FNO5. The number of halogens is 1. The van der Waals surface area contributed by atoms with Crippen molar-refractivity contribution >= 4 is 11.5 Å². The van der Waals surface area contributed by atoms with Crippen molar-refractivity contribution in [1.29, 1.82) is 0 Å². The van der Waals surface area contributed by atoms with Crippen LogP contribution in [0.15, 0.2) is 48.0 Å². The Balaban J connectivity index is 1.70. The lowest BCUT2D eigenvalue weighted by molar-refractivity contribution is -0.148. The lowest BCUT2D eigenvalue weighted by Gasteiger charge is -2.31. The Hall–Kier alpha value is -2.90. The number of carbonyl (C=O) groups is 1. The van der Waals surface area contributed by atoms with Crippen molar-refractivity contribution in [3.8, 4) is 11.5 Å². The molecule has 170 valence electrons. The van der Waals surface area contributed by atoms with Crippen molar-refractivity contribution in [3.05, 3.63) is 65.0 Å². The van der Waals surface area contributed by atoms with Gasteiger partial charge in [-0.3, -0.25) is 9.69 Å². The maximum Gasteiger partial charge on any atom is 0.312 e. The smallest absolute Gasteiger partial charge is 0.312 e. The fourth-order valence-corrected chi connectivity index (χ4v) is 3.80. The molecule has 4 rings (SSSR count). The van der Waals surface area contributed by atoms with E-state index in [9.17, 15) is 14.3 Å². The maximum absolute atomic E-state index is 13.6. The lowest BCUT2D eigenvalue weighted by atomic mass is 9.90. The van der Waals surface area contributed by atoms with E-state index in [2.05, 4.69) is 4.90 Å². The number of hydrogen-bond donors (Lipinski definition) is 1. The maximum atomic E-state index is 13.6. The summed E-state index contributed by atoms with van der Waals surface area (Å²) < 4.78 is 31.0. The second-order valence-corrected chi connectivity index (χ2v) is 8.80. The molecule has 0 atom stereocenters. The normalized spacial score (nSPS) is 17.0. The highest BCUT2D eigenvalue weighted by atomic mass is 19.1. The highest BCUT2D eigenvalue weighted by Crippen LogP contribution is 2.40. The lowest BCUT2D eigenvalue weighted by Crippen LogP contribution is -2.38. The quantitative estimate of drug-likeness (QED) is 0.704. The highest BCUT2D eigenvalue weighted by Gasteiger charge is 2.29. The van der Waals surface area contributed by atoms with E-state index in [0.717, 1.165) is 47.7 Å². The van der Waals surface area contributed by atoms with Crippen LogP contribution in [-0.4, -0.2) is 62.0 Å². The average Bonchev–Trinajstić information content (AvgIpc) is 2.79. The Labute approximate surface area is 187 Å². The third-order valence-electron chi connectivity index (χ3n) is 5.81. The number of ether oxygens (including phenoxy) is 3. The molecule has 2 aliphatic rings. The predicted octanol–water partition coefficient (Wildman–Crippen LogP) is 3.84. The van der Waals surface area contributed by atoms with Gasteiger partial charge in [-0.15, -0.1) is 0 Å². The minimum atomic E-state index is -1.01. The molecule has 0 aliphatic carbocycles. The Bertz CT molecular complexity index is 1010. The first-order chi connectivity index (χ1) is 15.3. The monoisotopic (exact) mass is 441 g/mol. The molecule has 2 heterocycles. The molecule has 2 aromatic carbocycles. The van der Waals surface area contributed by atoms with Crippen molar-refractivity contribution in [3.63, 3.8) is 0 Å². The molecule has 1 N–H and O–H groups in total.